The fourth-order valence-electron chi connectivity index (χ4n) is 9.97. The van der Waals surface area contributed by atoms with Crippen LogP contribution in [0.4, 0.5) is 0 Å². The maximum absolute atomic E-state index is 11.5. The predicted octanol–water partition coefficient (Wildman–Crippen LogP) is 3.14. The molecule has 6 aliphatic rings. The molecule has 5 heteroatoms. The Morgan fingerprint density at radius 2 is 1.50 bits per heavy atom. The zero-order valence-corrected chi connectivity index (χ0v) is 20.4. The predicted molar refractivity (Wildman–Crippen MR) is 125 cm³/mol. The van der Waals surface area contributed by atoms with Gasteiger partial charge in [-0.05, 0) is 105 Å². The van der Waals surface area contributed by atoms with Gasteiger partial charge >= 0.3 is 0 Å². The lowest BCUT2D eigenvalue weighted by molar-refractivity contribution is -0.158. The summed E-state index contributed by atoms with van der Waals surface area (Å²) in [6.45, 7) is 11.0. The molecule has 0 aromatic carbocycles. The molecule has 0 spiro atoms. The van der Waals surface area contributed by atoms with E-state index in [1.165, 1.54) is 58.0 Å². The summed E-state index contributed by atoms with van der Waals surface area (Å²) in [7, 11) is 0. The second kappa shape index (κ2) is 8.19. The number of aliphatic hydroxyl groups is 2. The third-order valence-corrected chi connectivity index (χ3v) is 11.8. The normalized spacial score (nSPS) is 54.8. The summed E-state index contributed by atoms with van der Waals surface area (Å²) in [5.74, 6) is 2.87. The van der Waals surface area contributed by atoms with E-state index in [-0.39, 0.29) is 17.6 Å². The molecular formula is C27H46N2O3. The van der Waals surface area contributed by atoms with Gasteiger partial charge in [-0.1, -0.05) is 13.8 Å². The summed E-state index contributed by atoms with van der Waals surface area (Å²) in [6, 6.07) is 0.699. The Hall–Kier alpha value is -0.200. The zero-order valence-electron chi connectivity index (χ0n) is 20.4. The van der Waals surface area contributed by atoms with Gasteiger partial charge in [-0.2, -0.15) is 0 Å². The molecule has 2 heterocycles. The highest BCUT2D eigenvalue weighted by molar-refractivity contribution is 5.14. The van der Waals surface area contributed by atoms with Crippen LogP contribution in [-0.4, -0.2) is 83.7 Å². The SMILES string of the molecule is C[C@]12C[C@H](N3CCOCC3)[C@@H](O)C[C@H]1CC[C@@H]1[C@@H]2CC[C@]2(C)[C@@H](O)[C@@H](N3CCCC3)C[C@@H]12. The average Bonchev–Trinajstić information content (AvgIpc) is 3.41. The summed E-state index contributed by atoms with van der Waals surface area (Å²) in [6.07, 6.45) is 10.7. The lowest BCUT2D eigenvalue weighted by atomic mass is 9.44. The highest BCUT2D eigenvalue weighted by atomic mass is 16.5. The highest BCUT2D eigenvalue weighted by Crippen LogP contribution is 2.66. The Morgan fingerprint density at radius 3 is 2.25 bits per heavy atom. The van der Waals surface area contributed by atoms with E-state index in [9.17, 15) is 10.2 Å². The van der Waals surface area contributed by atoms with Gasteiger partial charge in [-0.3, -0.25) is 9.80 Å². The third-order valence-electron chi connectivity index (χ3n) is 11.8. The van der Waals surface area contributed by atoms with E-state index in [1.807, 2.05) is 0 Å². The lowest BCUT2D eigenvalue weighted by Crippen LogP contribution is -2.61. The van der Waals surface area contributed by atoms with E-state index in [0.29, 0.717) is 29.3 Å². The second-order valence-corrected chi connectivity index (χ2v) is 12.9. The molecule has 4 saturated carbocycles. The van der Waals surface area contributed by atoms with Crippen molar-refractivity contribution in [2.24, 2.45) is 34.5 Å². The van der Waals surface area contributed by atoms with Gasteiger partial charge in [0.2, 0.25) is 0 Å². The van der Waals surface area contributed by atoms with Crippen molar-refractivity contribution in [2.75, 3.05) is 39.4 Å². The first-order valence-electron chi connectivity index (χ1n) is 13.8. The number of hydrogen-bond donors (Lipinski definition) is 2. The van der Waals surface area contributed by atoms with Gasteiger partial charge in [-0.25, -0.2) is 0 Å². The highest BCUT2D eigenvalue weighted by Gasteiger charge is 2.63. The summed E-state index contributed by atoms with van der Waals surface area (Å²) in [5, 5.41) is 22.7. The molecule has 0 bridgehead atoms. The fraction of sp³-hybridized carbons (Fsp3) is 1.00. The molecule has 4 aliphatic carbocycles. The van der Waals surface area contributed by atoms with Gasteiger partial charge < -0.3 is 14.9 Å². The van der Waals surface area contributed by atoms with Crippen LogP contribution < -0.4 is 0 Å². The van der Waals surface area contributed by atoms with E-state index >= 15 is 0 Å². The standard InChI is InChI=1S/C27H46N2O3/c1-26-8-7-20-19(21(26)16-22(25(26)31)28-9-3-4-10-28)6-5-18-15-24(30)23(17-27(18,20)2)29-11-13-32-14-12-29/h18-25,30-31H,3-17H2,1-2H3/t18-,19-,20+,21+,22+,23+,24+,25+,26+,27+/m1/s1. The van der Waals surface area contributed by atoms with Crippen molar-refractivity contribution in [3.63, 3.8) is 0 Å². The molecule has 6 rings (SSSR count). The van der Waals surface area contributed by atoms with E-state index in [0.717, 1.165) is 51.0 Å². The molecule has 2 saturated heterocycles. The number of ether oxygens (including phenoxy) is 1. The molecule has 10 atom stereocenters. The monoisotopic (exact) mass is 446 g/mol. The van der Waals surface area contributed by atoms with Gasteiger partial charge in [0, 0.05) is 25.2 Å². The van der Waals surface area contributed by atoms with Crippen molar-refractivity contribution in [2.45, 2.75) is 95.9 Å². The van der Waals surface area contributed by atoms with Gasteiger partial charge in [0.25, 0.3) is 0 Å². The van der Waals surface area contributed by atoms with Crippen LogP contribution in [0.1, 0.15) is 71.6 Å². The van der Waals surface area contributed by atoms with Gasteiger partial charge in [0.1, 0.15) is 0 Å². The molecule has 0 amide bonds. The van der Waals surface area contributed by atoms with Gasteiger partial charge in [0.15, 0.2) is 0 Å². The number of aliphatic hydroxyl groups excluding tert-OH is 2. The van der Waals surface area contributed by atoms with Crippen LogP contribution in [0.2, 0.25) is 0 Å². The van der Waals surface area contributed by atoms with Crippen molar-refractivity contribution >= 4 is 0 Å². The van der Waals surface area contributed by atoms with Crippen molar-refractivity contribution in [1.29, 1.82) is 0 Å². The van der Waals surface area contributed by atoms with Crippen LogP contribution >= 0.6 is 0 Å². The number of hydrogen-bond acceptors (Lipinski definition) is 5. The van der Waals surface area contributed by atoms with Gasteiger partial charge in [-0.15, -0.1) is 0 Å². The van der Waals surface area contributed by atoms with Crippen LogP contribution in [0.25, 0.3) is 0 Å². The largest absolute Gasteiger partial charge is 0.391 e. The lowest BCUT2D eigenvalue weighted by Gasteiger charge is -2.62. The first-order chi connectivity index (χ1) is 15.4. The van der Waals surface area contributed by atoms with Crippen LogP contribution in [-0.2, 0) is 4.74 Å². The maximum Gasteiger partial charge on any atom is 0.0751 e. The Balaban J connectivity index is 1.25. The minimum Gasteiger partial charge on any atom is -0.391 e. The van der Waals surface area contributed by atoms with Crippen LogP contribution in [0.3, 0.4) is 0 Å². The molecule has 182 valence electrons. The maximum atomic E-state index is 11.5. The molecule has 0 unspecified atom stereocenters. The fourth-order valence-corrected chi connectivity index (χ4v) is 9.97. The first kappa shape index (κ1) is 22.3. The van der Waals surface area contributed by atoms with Crippen molar-refractivity contribution in [1.82, 2.24) is 9.80 Å². The molecule has 2 aliphatic heterocycles. The van der Waals surface area contributed by atoms with E-state index < -0.39 is 0 Å². The zero-order chi connectivity index (χ0) is 22.1. The van der Waals surface area contributed by atoms with Crippen molar-refractivity contribution < 1.29 is 14.9 Å². The minimum atomic E-state index is -0.176. The summed E-state index contributed by atoms with van der Waals surface area (Å²) >= 11 is 0. The molecule has 5 nitrogen and oxygen atoms in total. The van der Waals surface area contributed by atoms with Crippen molar-refractivity contribution in [3.8, 4) is 0 Å². The van der Waals surface area contributed by atoms with E-state index in [1.54, 1.807) is 0 Å². The molecule has 6 fully saturated rings. The number of likely N-dealkylation sites (tertiary alicyclic amines) is 1. The molecule has 0 radical (unpaired) electrons. The van der Waals surface area contributed by atoms with Crippen LogP contribution in [0, 0.1) is 34.5 Å². The number of morpholine rings is 1. The Bertz CT molecular complexity index is 692. The first-order valence-corrected chi connectivity index (χ1v) is 13.8. The average molecular weight is 447 g/mol. The molecule has 32 heavy (non-hydrogen) atoms. The molecular weight excluding hydrogens is 400 g/mol. The van der Waals surface area contributed by atoms with Crippen molar-refractivity contribution in [3.05, 3.63) is 0 Å². The topological polar surface area (TPSA) is 56.2 Å². The van der Waals surface area contributed by atoms with E-state index in [4.69, 9.17) is 4.74 Å². The third kappa shape index (κ3) is 3.28. The Kier molecular flexibility index (Phi) is 5.70. The molecule has 0 aromatic heterocycles. The van der Waals surface area contributed by atoms with Crippen LogP contribution in [0.15, 0.2) is 0 Å². The second-order valence-electron chi connectivity index (χ2n) is 12.9. The van der Waals surface area contributed by atoms with Crippen LogP contribution in [0.5, 0.6) is 0 Å². The molecule has 2 N–H and O–H groups in total. The number of fused-ring (bicyclic) bond motifs is 5. The quantitative estimate of drug-likeness (QED) is 0.683. The number of rotatable bonds is 2. The Morgan fingerprint density at radius 1 is 0.781 bits per heavy atom. The van der Waals surface area contributed by atoms with E-state index in [2.05, 4.69) is 23.6 Å². The summed E-state index contributed by atoms with van der Waals surface area (Å²) < 4.78 is 5.61. The smallest absolute Gasteiger partial charge is 0.0751 e. The summed E-state index contributed by atoms with van der Waals surface area (Å²) in [4.78, 5) is 5.16. The minimum absolute atomic E-state index is 0.107. The molecule has 0 aromatic rings. The van der Waals surface area contributed by atoms with Gasteiger partial charge in [0.05, 0.1) is 25.4 Å². The number of nitrogens with zero attached hydrogens (tertiary/aromatic N) is 2. The Labute approximate surface area is 194 Å². The summed E-state index contributed by atoms with van der Waals surface area (Å²) in [5.41, 5.74) is 0.443.